The van der Waals surface area contributed by atoms with Crippen LogP contribution in [0.3, 0.4) is 0 Å². The molecule has 0 amide bonds. The van der Waals surface area contributed by atoms with Crippen LogP contribution >= 0.6 is 0 Å². The first-order valence-electron chi connectivity index (χ1n) is 13.2. The van der Waals surface area contributed by atoms with Crippen LogP contribution in [0.5, 0.6) is 0 Å². The van der Waals surface area contributed by atoms with Gasteiger partial charge in [0.25, 0.3) is 0 Å². The van der Waals surface area contributed by atoms with E-state index in [1.807, 2.05) is 6.08 Å². The maximum atomic E-state index is 5.54. The van der Waals surface area contributed by atoms with Crippen LogP contribution in [0.2, 0.25) is 0 Å². The number of hydrogen-bond acceptors (Lipinski definition) is 0. The van der Waals surface area contributed by atoms with Crippen LogP contribution < -0.4 is 0 Å². The minimum Gasteiger partial charge on any atom is -0.310 e. The molecule has 0 aliphatic heterocycles. The van der Waals surface area contributed by atoms with Gasteiger partial charge in [0.1, 0.15) is 0 Å². The second-order valence-corrected chi connectivity index (χ2v) is 9.83. The highest BCUT2D eigenvalue weighted by Crippen LogP contribution is 2.34. The van der Waals surface area contributed by atoms with Crippen LogP contribution in [-0.2, 0) is 0 Å². The molecule has 7 rings (SSSR count). The standard InChI is InChI=1S/C37H26N2/c1-3-4-14-34-26(2)31-11-5-8-15-35(31)38(34)29-22-18-27(19-23-29)28-20-24-30(25-21-28)39-36-16-9-6-12-32(36)33-13-7-10-17-37(33)39/h1,4-25H,2H3/b14-4-. The third kappa shape index (κ3) is 3.68. The number of fused-ring (bicyclic) bond motifs is 4. The Morgan fingerprint density at radius 1 is 0.538 bits per heavy atom. The van der Waals surface area contributed by atoms with Crippen molar-refractivity contribution in [2.75, 3.05) is 0 Å². The number of aromatic nitrogens is 2. The zero-order chi connectivity index (χ0) is 26.3. The molecule has 2 nitrogen and oxygen atoms in total. The summed E-state index contributed by atoms with van der Waals surface area (Å²) in [7, 11) is 0. The van der Waals surface area contributed by atoms with Gasteiger partial charge in [0.15, 0.2) is 0 Å². The lowest BCUT2D eigenvalue weighted by molar-refractivity contribution is 1.10. The summed E-state index contributed by atoms with van der Waals surface area (Å²) in [6.07, 6.45) is 9.34. The van der Waals surface area contributed by atoms with E-state index in [-0.39, 0.29) is 0 Å². The van der Waals surface area contributed by atoms with E-state index in [0.717, 1.165) is 17.1 Å². The number of rotatable bonds is 4. The van der Waals surface area contributed by atoms with Gasteiger partial charge in [-0.25, -0.2) is 0 Å². The van der Waals surface area contributed by atoms with E-state index in [2.05, 4.69) is 143 Å². The van der Waals surface area contributed by atoms with Gasteiger partial charge in [0.05, 0.1) is 22.2 Å². The van der Waals surface area contributed by atoms with Crippen molar-refractivity contribution in [3.63, 3.8) is 0 Å². The van der Waals surface area contributed by atoms with Crippen LogP contribution in [0.15, 0.2) is 127 Å². The molecule has 0 spiro atoms. The van der Waals surface area contributed by atoms with Crippen molar-refractivity contribution >= 4 is 38.8 Å². The van der Waals surface area contributed by atoms with Crippen LogP contribution in [0.4, 0.5) is 0 Å². The molecule has 39 heavy (non-hydrogen) atoms. The predicted octanol–water partition coefficient (Wildman–Crippen LogP) is 9.35. The largest absolute Gasteiger partial charge is 0.310 e. The van der Waals surface area contributed by atoms with Gasteiger partial charge in [0, 0.05) is 27.5 Å². The summed E-state index contributed by atoms with van der Waals surface area (Å²) in [5.74, 6) is 2.64. The summed E-state index contributed by atoms with van der Waals surface area (Å²) < 4.78 is 4.63. The lowest BCUT2D eigenvalue weighted by atomic mass is 10.0. The fourth-order valence-corrected chi connectivity index (χ4v) is 5.83. The Labute approximate surface area is 228 Å². The minimum absolute atomic E-state index is 1.11. The Bertz CT molecular complexity index is 2000. The molecular weight excluding hydrogens is 472 g/mol. The van der Waals surface area contributed by atoms with Crippen molar-refractivity contribution in [1.29, 1.82) is 0 Å². The zero-order valence-electron chi connectivity index (χ0n) is 21.7. The number of benzene rings is 5. The van der Waals surface area contributed by atoms with Gasteiger partial charge in [0.2, 0.25) is 0 Å². The molecule has 0 unspecified atom stereocenters. The average molecular weight is 499 g/mol. The quantitative estimate of drug-likeness (QED) is 0.214. The van der Waals surface area contributed by atoms with Crippen LogP contribution in [0.25, 0.3) is 61.3 Å². The Kier molecular flexibility index (Phi) is 5.43. The predicted molar refractivity (Wildman–Crippen MR) is 166 cm³/mol. The average Bonchev–Trinajstić information content (AvgIpc) is 3.48. The molecule has 0 radical (unpaired) electrons. The molecule has 7 aromatic rings. The summed E-state index contributed by atoms with van der Waals surface area (Å²) in [5, 5.41) is 3.79. The van der Waals surface area contributed by atoms with E-state index >= 15 is 0 Å². The first-order valence-corrected chi connectivity index (χ1v) is 13.2. The van der Waals surface area contributed by atoms with Crippen LogP contribution in [0.1, 0.15) is 11.3 Å². The number of nitrogens with zero attached hydrogens (tertiary/aromatic N) is 2. The molecule has 0 atom stereocenters. The first-order chi connectivity index (χ1) is 19.2. The topological polar surface area (TPSA) is 9.86 Å². The van der Waals surface area contributed by atoms with Crippen molar-refractivity contribution in [3.8, 4) is 34.8 Å². The molecule has 0 N–H and O–H groups in total. The van der Waals surface area contributed by atoms with Gasteiger partial charge in [-0.2, -0.15) is 0 Å². The molecule has 2 aromatic heterocycles. The van der Waals surface area contributed by atoms with Crippen molar-refractivity contribution < 1.29 is 0 Å². The fraction of sp³-hybridized carbons (Fsp3) is 0.0270. The van der Waals surface area contributed by atoms with E-state index < -0.39 is 0 Å². The lowest BCUT2D eigenvalue weighted by Gasteiger charge is -2.12. The second-order valence-electron chi connectivity index (χ2n) is 9.83. The number of para-hydroxylation sites is 3. The van der Waals surface area contributed by atoms with Gasteiger partial charge >= 0.3 is 0 Å². The maximum absolute atomic E-state index is 5.54. The molecule has 0 fully saturated rings. The van der Waals surface area contributed by atoms with Crippen molar-refractivity contribution in [2.24, 2.45) is 0 Å². The summed E-state index contributed by atoms with van der Waals surface area (Å²) in [6.45, 7) is 2.15. The van der Waals surface area contributed by atoms with Gasteiger partial charge in [-0.15, -0.1) is 6.42 Å². The lowest BCUT2D eigenvalue weighted by Crippen LogP contribution is -1.97. The number of terminal acetylenes is 1. The highest BCUT2D eigenvalue weighted by molar-refractivity contribution is 6.09. The Hall–Kier alpha value is -5.26. The minimum atomic E-state index is 1.11. The summed E-state index contributed by atoms with van der Waals surface area (Å²) in [5.41, 5.74) is 10.6. The third-order valence-electron chi connectivity index (χ3n) is 7.68. The summed E-state index contributed by atoms with van der Waals surface area (Å²) in [6, 6.07) is 43.4. The molecule has 0 saturated heterocycles. The monoisotopic (exact) mass is 498 g/mol. The molecule has 184 valence electrons. The van der Waals surface area contributed by atoms with Crippen molar-refractivity contribution in [1.82, 2.24) is 9.13 Å². The summed E-state index contributed by atoms with van der Waals surface area (Å²) in [4.78, 5) is 0. The molecule has 2 heteroatoms. The SMILES string of the molecule is C#C/C=C\c1c(C)c2ccccc2n1-c1ccc(-c2ccc(-n3c4ccccc4c4ccccc43)cc2)cc1. The number of aryl methyl sites for hydroxylation is 1. The van der Waals surface area contributed by atoms with Crippen LogP contribution in [-0.4, -0.2) is 9.13 Å². The molecule has 5 aromatic carbocycles. The number of allylic oxidation sites excluding steroid dienone is 1. The molecule has 0 aliphatic carbocycles. The van der Waals surface area contributed by atoms with E-state index in [9.17, 15) is 0 Å². The second kappa shape index (κ2) is 9.24. The van der Waals surface area contributed by atoms with Gasteiger partial charge in [-0.1, -0.05) is 84.8 Å². The zero-order valence-corrected chi connectivity index (χ0v) is 21.7. The fourth-order valence-electron chi connectivity index (χ4n) is 5.83. The highest BCUT2D eigenvalue weighted by Gasteiger charge is 2.14. The van der Waals surface area contributed by atoms with Crippen molar-refractivity contribution in [3.05, 3.63) is 139 Å². The smallest absolute Gasteiger partial charge is 0.0541 e. The molecular formula is C37H26N2. The van der Waals surface area contributed by atoms with E-state index in [0.29, 0.717) is 0 Å². The molecule has 0 bridgehead atoms. The van der Waals surface area contributed by atoms with E-state index in [1.165, 1.54) is 49.4 Å². The van der Waals surface area contributed by atoms with Gasteiger partial charge < -0.3 is 9.13 Å². The van der Waals surface area contributed by atoms with E-state index in [1.54, 1.807) is 6.08 Å². The van der Waals surface area contributed by atoms with Gasteiger partial charge in [-0.3, -0.25) is 0 Å². The first kappa shape index (κ1) is 22.9. The summed E-state index contributed by atoms with van der Waals surface area (Å²) >= 11 is 0. The number of hydrogen-bond donors (Lipinski definition) is 0. The van der Waals surface area contributed by atoms with E-state index in [4.69, 9.17) is 6.42 Å². The van der Waals surface area contributed by atoms with Crippen molar-refractivity contribution in [2.45, 2.75) is 6.92 Å². The highest BCUT2D eigenvalue weighted by atomic mass is 15.0. The van der Waals surface area contributed by atoms with Crippen LogP contribution in [0, 0.1) is 19.3 Å². The Morgan fingerprint density at radius 2 is 0.974 bits per heavy atom. The van der Waals surface area contributed by atoms with Gasteiger partial charge in [-0.05, 0) is 78.2 Å². The maximum Gasteiger partial charge on any atom is 0.0541 e. The Morgan fingerprint density at radius 3 is 1.49 bits per heavy atom. The molecule has 0 aliphatic rings. The molecule has 2 heterocycles. The Balaban J connectivity index is 1.28. The molecule has 0 saturated carbocycles. The third-order valence-corrected chi connectivity index (χ3v) is 7.68. The normalized spacial score (nSPS) is 11.6.